The summed E-state index contributed by atoms with van der Waals surface area (Å²) in [6, 6.07) is 3.51. The molecule has 0 bridgehead atoms. The van der Waals surface area contributed by atoms with E-state index in [9.17, 15) is 14.9 Å². The van der Waals surface area contributed by atoms with Crippen molar-refractivity contribution >= 4 is 27.6 Å². The molecule has 0 aliphatic heterocycles. The zero-order chi connectivity index (χ0) is 14.7. The Labute approximate surface area is 123 Å². The minimum atomic E-state index is -1.00. The average molecular weight is 345 g/mol. The lowest BCUT2D eigenvalue weighted by molar-refractivity contribution is -0.385. The largest absolute Gasteiger partial charge is 0.490 e. The summed E-state index contributed by atoms with van der Waals surface area (Å²) in [4.78, 5) is 21.2. The summed E-state index contributed by atoms with van der Waals surface area (Å²) in [6.07, 6.45) is 1.93. The zero-order valence-electron chi connectivity index (χ0n) is 10.4. The molecule has 0 saturated heterocycles. The highest BCUT2D eigenvalue weighted by Crippen LogP contribution is 2.29. The number of nitrogens with zero attached hydrogens (tertiary/aromatic N) is 1. The van der Waals surface area contributed by atoms with Gasteiger partial charge in [-0.25, -0.2) is 0 Å². The van der Waals surface area contributed by atoms with Gasteiger partial charge in [-0.1, -0.05) is 0 Å². The SMILES string of the molecule is O=C(O)C(COc1cc([N+](=O)[O-])ccc1Br)NC1CC1. The van der Waals surface area contributed by atoms with Gasteiger partial charge in [-0.3, -0.25) is 20.2 Å². The monoisotopic (exact) mass is 344 g/mol. The molecule has 1 atom stereocenters. The summed E-state index contributed by atoms with van der Waals surface area (Å²) >= 11 is 3.21. The van der Waals surface area contributed by atoms with Crippen LogP contribution in [0.2, 0.25) is 0 Å². The molecule has 2 N–H and O–H groups in total. The topological polar surface area (TPSA) is 102 Å². The highest BCUT2D eigenvalue weighted by atomic mass is 79.9. The number of non-ortho nitro benzene ring substituents is 1. The van der Waals surface area contributed by atoms with E-state index in [0.717, 1.165) is 12.8 Å². The Morgan fingerprint density at radius 2 is 2.30 bits per heavy atom. The number of hydrogen-bond acceptors (Lipinski definition) is 5. The molecule has 1 aromatic rings. The summed E-state index contributed by atoms with van der Waals surface area (Å²) < 4.78 is 5.93. The lowest BCUT2D eigenvalue weighted by atomic mass is 10.3. The van der Waals surface area contributed by atoms with Gasteiger partial charge in [0.25, 0.3) is 5.69 Å². The predicted molar refractivity (Wildman–Crippen MR) is 73.9 cm³/mol. The third kappa shape index (κ3) is 3.91. The van der Waals surface area contributed by atoms with E-state index in [0.29, 0.717) is 4.47 Å². The van der Waals surface area contributed by atoms with Crippen LogP contribution in [-0.4, -0.2) is 34.7 Å². The molecule has 8 heteroatoms. The van der Waals surface area contributed by atoms with E-state index in [1.165, 1.54) is 18.2 Å². The molecule has 1 fully saturated rings. The van der Waals surface area contributed by atoms with Crippen molar-refractivity contribution in [3.05, 3.63) is 32.8 Å². The first-order valence-electron chi connectivity index (χ1n) is 6.03. The predicted octanol–water partition coefficient (Wildman–Crippen LogP) is 1.94. The summed E-state index contributed by atoms with van der Waals surface area (Å²) in [5.74, 6) is -0.749. The molecule has 7 nitrogen and oxygen atoms in total. The molecule has 1 aromatic carbocycles. The van der Waals surface area contributed by atoms with Crippen molar-refractivity contribution in [3.8, 4) is 5.75 Å². The highest BCUT2D eigenvalue weighted by molar-refractivity contribution is 9.10. The number of nitro groups is 1. The Balaban J connectivity index is 2.02. The van der Waals surface area contributed by atoms with Gasteiger partial charge in [0, 0.05) is 12.1 Å². The van der Waals surface area contributed by atoms with Crippen LogP contribution in [0, 0.1) is 10.1 Å². The van der Waals surface area contributed by atoms with Crippen molar-refractivity contribution in [2.75, 3.05) is 6.61 Å². The molecule has 0 spiro atoms. The third-order valence-corrected chi connectivity index (χ3v) is 3.50. The van der Waals surface area contributed by atoms with Gasteiger partial charge >= 0.3 is 5.97 Å². The number of rotatable bonds is 7. The maximum absolute atomic E-state index is 11.1. The number of nitrogens with one attached hydrogen (secondary N) is 1. The van der Waals surface area contributed by atoms with E-state index in [2.05, 4.69) is 21.2 Å². The number of carboxylic acids is 1. The molecule has 20 heavy (non-hydrogen) atoms. The number of benzene rings is 1. The lowest BCUT2D eigenvalue weighted by Crippen LogP contribution is -2.42. The molecule has 1 saturated carbocycles. The molecule has 1 aliphatic rings. The van der Waals surface area contributed by atoms with Crippen molar-refractivity contribution in [2.24, 2.45) is 0 Å². The maximum atomic E-state index is 11.1. The van der Waals surface area contributed by atoms with E-state index >= 15 is 0 Å². The Hall–Kier alpha value is -1.67. The Morgan fingerprint density at radius 1 is 1.60 bits per heavy atom. The third-order valence-electron chi connectivity index (χ3n) is 2.84. The van der Waals surface area contributed by atoms with Crippen LogP contribution in [0.1, 0.15) is 12.8 Å². The summed E-state index contributed by atoms with van der Waals surface area (Å²) in [5, 5.41) is 22.7. The van der Waals surface area contributed by atoms with Crippen molar-refractivity contribution < 1.29 is 19.6 Å². The molecular formula is C12H13BrN2O5. The number of aliphatic carboxylic acids is 1. The summed E-state index contributed by atoms with van der Waals surface area (Å²) in [5.41, 5.74) is -0.106. The first-order valence-corrected chi connectivity index (χ1v) is 6.82. The molecule has 0 heterocycles. The van der Waals surface area contributed by atoms with Gasteiger partial charge in [0.1, 0.15) is 18.4 Å². The number of nitro benzene ring substituents is 1. The van der Waals surface area contributed by atoms with Gasteiger partial charge in [0.15, 0.2) is 0 Å². The molecule has 2 rings (SSSR count). The van der Waals surface area contributed by atoms with Crippen molar-refractivity contribution in [2.45, 2.75) is 24.9 Å². The fourth-order valence-corrected chi connectivity index (χ4v) is 1.98. The molecular weight excluding hydrogens is 332 g/mol. The molecule has 1 aliphatic carbocycles. The number of halogens is 1. The number of carbonyl (C=O) groups is 1. The Morgan fingerprint density at radius 3 is 2.85 bits per heavy atom. The van der Waals surface area contributed by atoms with Crippen LogP contribution in [0.5, 0.6) is 5.75 Å². The second-order valence-electron chi connectivity index (χ2n) is 4.51. The van der Waals surface area contributed by atoms with Crippen LogP contribution in [0.25, 0.3) is 0 Å². The first-order chi connectivity index (χ1) is 9.47. The number of ether oxygens (including phenoxy) is 1. The van der Waals surface area contributed by atoms with Crippen molar-refractivity contribution in [3.63, 3.8) is 0 Å². The van der Waals surface area contributed by atoms with Crippen molar-refractivity contribution in [1.82, 2.24) is 5.32 Å². The van der Waals surface area contributed by atoms with E-state index < -0.39 is 16.9 Å². The van der Waals surface area contributed by atoms with Gasteiger partial charge in [-0.2, -0.15) is 0 Å². The van der Waals surface area contributed by atoms with E-state index in [4.69, 9.17) is 9.84 Å². The average Bonchev–Trinajstić information content (AvgIpc) is 3.19. The molecule has 108 valence electrons. The smallest absolute Gasteiger partial charge is 0.324 e. The summed E-state index contributed by atoms with van der Waals surface area (Å²) in [6.45, 7) is -0.0917. The van der Waals surface area contributed by atoms with Crippen LogP contribution in [0.3, 0.4) is 0 Å². The van der Waals surface area contributed by atoms with Gasteiger partial charge in [-0.15, -0.1) is 0 Å². The van der Waals surface area contributed by atoms with Gasteiger partial charge in [0.05, 0.1) is 15.5 Å². The second-order valence-corrected chi connectivity index (χ2v) is 5.37. The molecule has 0 aromatic heterocycles. The Bertz CT molecular complexity index is 533. The van der Waals surface area contributed by atoms with Crippen LogP contribution >= 0.6 is 15.9 Å². The fraction of sp³-hybridized carbons (Fsp3) is 0.417. The number of carboxylic acid groups (broad SMARTS) is 1. The molecule has 0 amide bonds. The summed E-state index contributed by atoms with van der Waals surface area (Å²) in [7, 11) is 0. The molecule has 0 radical (unpaired) electrons. The van der Waals surface area contributed by atoms with Crippen LogP contribution in [0.15, 0.2) is 22.7 Å². The normalized spacial score (nSPS) is 15.7. The Kier molecular flexibility index (Phi) is 4.56. The minimum Gasteiger partial charge on any atom is -0.490 e. The van der Waals surface area contributed by atoms with Gasteiger partial charge in [0.2, 0.25) is 0 Å². The number of hydrogen-bond donors (Lipinski definition) is 2. The standard InChI is InChI=1S/C12H13BrN2O5/c13-9-4-3-8(15(18)19)5-11(9)20-6-10(12(16)17)14-7-1-2-7/h3-5,7,10,14H,1-2,6H2,(H,16,17). The van der Waals surface area contributed by atoms with E-state index in [-0.39, 0.29) is 24.1 Å². The zero-order valence-corrected chi connectivity index (χ0v) is 12.0. The molecule has 1 unspecified atom stereocenters. The minimum absolute atomic E-state index is 0.0917. The van der Waals surface area contributed by atoms with E-state index in [1.54, 1.807) is 0 Å². The lowest BCUT2D eigenvalue weighted by Gasteiger charge is -2.15. The van der Waals surface area contributed by atoms with E-state index in [1.807, 2.05) is 0 Å². The second kappa shape index (κ2) is 6.19. The quantitative estimate of drug-likeness (QED) is 0.578. The first kappa shape index (κ1) is 14.7. The highest BCUT2D eigenvalue weighted by Gasteiger charge is 2.28. The maximum Gasteiger partial charge on any atom is 0.324 e. The van der Waals surface area contributed by atoms with Crippen LogP contribution in [0.4, 0.5) is 5.69 Å². The fourth-order valence-electron chi connectivity index (χ4n) is 1.61. The van der Waals surface area contributed by atoms with Crippen LogP contribution < -0.4 is 10.1 Å². The van der Waals surface area contributed by atoms with Crippen molar-refractivity contribution in [1.29, 1.82) is 0 Å². The van der Waals surface area contributed by atoms with Gasteiger partial charge < -0.3 is 9.84 Å². The van der Waals surface area contributed by atoms with Gasteiger partial charge in [-0.05, 0) is 34.8 Å². The van der Waals surface area contributed by atoms with Crippen LogP contribution in [-0.2, 0) is 4.79 Å².